The molecule has 1 heterocycles. The number of carbonyl (C=O) groups excluding carboxylic acids is 1. The Labute approximate surface area is 127 Å². The summed E-state index contributed by atoms with van der Waals surface area (Å²) in [4.78, 5) is 12.2. The maximum absolute atomic E-state index is 12.2. The number of ether oxygens (including phenoxy) is 1. The first kappa shape index (κ1) is 15.8. The molecule has 0 aliphatic carbocycles. The molecule has 0 bridgehead atoms. The van der Waals surface area contributed by atoms with Gasteiger partial charge in [0.05, 0.1) is 6.61 Å². The van der Waals surface area contributed by atoms with Crippen LogP contribution in [-0.4, -0.2) is 25.6 Å². The van der Waals surface area contributed by atoms with Gasteiger partial charge in [-0.3, -0.25) is 4.79 Å². The molecule has 1 aliphatic rings. The van der Waals surface area contributed by atoms with Gasteiger partial charge in [-0.05, 0) is 50.4 Å². The quantitative estimate of drug-likeness (QED) is 0.846. The third kappa shape index (κ3) is 5.38. The largest absolute Gasteiger partial charge is 0.494 e. The van der Waals surface area contributed by atoms with Crippen LogP contribution in [0.25, 0.3) is 0 Å². The van der Waals surface area contributed by atoms with Crippen molar-refractivity contribution in [2.75, 3.05) is 25.0 Å². The van der Waals surface area contributed by atoms with Crippen molar-refractivity contribution >= 4 is 11.6 Å². The van der Waals surface area contributed by atoms with E-state index in [1.807, 2.05) is 24.3 Å². The van der Waals surface area contributed by atoms with Gasteiger partial charge in [-0.1, -0.05) is 19.9 Å². The molecule has 0 aromatic heterocycles. The summed E-state index contributed by atoms with van der Waals surface area (Å²) in [6.45, 7) is 6.92. The molecule has 1 aromatic rings. The highest BCUT2D eigenvalue weighted by Gasteiger charge is 2.20. The number of amides is 1. The van der Waals surface area contributed by atoms with Crippen molar-refractivity contribution in [3.63, 3.8) is 0 Å². The Morgan fingerprint density at radius 3 is 2.86 bits per heavy atom. The van der Waals surface area contributed by atoms with E-state index in [0.717, 1.165) is 43.8 Å². The minimum atomic E-state index is 0.121. The van der Waals surface area contributed by atoms with Gasteiger partial charge in [-0.15, -0.1) is 0 Å². The Kier molecular flexibility index (Phi) is 6.05. The number of nitrogens with one attached hydrogen (secondary N) is 2. The molecule has 2 N–H and O–H groups in total. The summed E-state index contributed by atoms with van der Waals surface area (Å²) in [7, 11) is 0. The molecule has 4 heteroatoms. The van der Waals surface area contributed by atoms with Crippen molar-refractivity contribution in [3.8, 4) is 5.75 Å². The maximum Gasteiger partial charge on any atom is 0.227 e. The minimum absolute atomic E-state index is 0.121. The highest BCUT2D eigenvalue weighted by molar-refractivity contribution is 5.92. The number of benzene rings is 1. The summed E-state index contributed by atoms with van der Waals surface area (Å²) in [6.07, 6.45) is 2.86. The summed E-state index contributed by atoms with van der Waals surface area (Å²) in [5, 5.41) is 6.28. The van der Waals surface area contributed by atoms with Crippen LogP contribution in [0.4, 0.5) is 5.69 Å². The average molecular weight is 290 g/mol. The van der Waals surface area contributed by atoms with Crippen LogP contribution in [0.1, 0.15) is 33.1 Å². The fraction of sp³-hybridized carbons (Fsp3) is 0.588. The number of rotatable bonds is 6. The summed E-state index contributed by atoms with van der Waals surface area (Å²) in [6, 6.07) is 7.66. The first-order valence-corrected chi connectivity index (χ1v) is 7.89. The van der Waals surface area contributed by atoms with Gasteiger partial charge in [0.1, 0.15) is 5.75 Å². The molecule has 21 heavy (non-hydrogen) atoms. The topological polar surface area (TPSA) is 50.4 Å². The minimum Gasteiger partial charge on any atom is -0.494 e. The van der Waals surface area contributed by atoms with E-state index in [9.17, 15) is 4.79 Å². The van der Waals surface area contributed by atoms with E-state index >= 15 is 0 Å². The second kappa shape index (κ2) is 8.03. The van der Waals surface area contributed by atoms with Gasteiger partial charge >= 0.3 is 0 Å². The Morgan fingerprint density at radius 1 is 1.38 bits per heavy atom. The summed E-state index contributed by atoms with van der Waals surface area (Å²) in [5.41, 5.74) is 0.820. The molecule has 1 aliphatic heterocycles. The van der Waals surface area contributed by atoms with Crippen molar-refractivity contribution < 1.29 is 9.53 Å². The summed E-state index contributed by atoms with van der Waals surface area (Å²) >= 11 is 0. The first-order chi connectivity index (χ1) is 10.1. The van der Waals surface area contributed by atoms with Gasteiger partial charge in [-0.2, -0.15) is 0 Å². The molecule has 116 valence electrons. The van der Waals surface area contributed by atoms with Crippen LogP contribution in [0.5, 0.6) is 5.75 Å². The summed E-state index contributed by atoms with van der Waals surface area (Å²) < 4.78 is 5.72. The lowest BCUT2D eigenvalue weighted by atomic mass is 9.97. The molecular weight excluding hydrogens is 264 g/mol. The van der Waals surface area contributed by atoms with Crippen LogP contribution in [0.2, 0.25) is 0 Å². The Balaban J connectivity index is 1.86. The number of hydrogen-bond donors (Lipinski definition) is 2. The summed E-state index contributed by atoms with van der Waals surface area (Å²) in [5.74, 6) is 1.69. The van der Waals surface area contributed by atoms with Gasteiger partial charge in [-0.25, -0.2) is 0 Å². The lowest BCUT2D eigenvalue weighted by molar-refractivity contribution is -0.120. The second-order valence-corrected chi connectivity index (χ2v) is 6.07. The number of anilines is 1. The normalized spacial score (nSPS) is 16.0. The fourth-order valence-corrected chi connectivity index (χ4v) is 2.40. The maximum atomic E-state index is 12.2. The number of carbonyl (C=O) groups is 1. The van der Waals surface area contributed by atoms with E-state index in [2.05, 4.69) is 24.5 Å². The SMILES string of the molecule is CC(C)CCOc1cccc(NC(=O)C2CCNCC2)c1. The zero-order valence-corrected chi connectivity index (χ0v) is 13.0. The Morgan fingerprint density at radius 2 is 2.14 bits per heavy atom. The molecule has 0 saturated carbocycles. The lowest BCUT2D eigenvalue weighted by Crippen LogP contribution is -2.34. The zero-order chi connectivity index (χ0) is 15.1. The molecule has 4 nitrogen and oxygen atoms in total. The third-order valence-corrected chi connectivity index (χ3v) is 3.78. The Hall–Kier alpha value is -1.55. The predicted octanol–water partition coefficient (Wildman–Crippen LogP) is 3.05. The van der Waals surface area contributed by atoms with Crippen LogP contribution in [0.3, 0.4) is 0 Å². The molecular formula is C17H26N2O2. The van der Waals surface area contributed by atoms with Gasteiger partial charge in [0.25, 0.3) is 0 Å². The van der Waals surface area contributed by atoms with E-state index < -0.39 is 0 Å². The fourth-order valence-electron chi connectivity index (χ4n) is 2.40. The third-order valence-electron chi connectivity index (χ3n) is 3.78. The molecule has 1 aromatic carbocycles. The van der Waals surface area contributed by atoms with Crippen molar-refractivity contribution in [1.82, 2.24) is 5.32 Å². The van der Waals surface area contributed by atoms with Gasteiger partial charge in [0.15, 0.2) is 0 Å². The van der Waals surface area contributed by atoms with Crippen molar-refractivity contribution in [3.05, 3.63) is 24.3 Å². The average Bonchev–Trinajstić information content (AvgIpc) is 2.48. The van der Waals surface area contributed by atoms with Crippen LogP contribution >= 0.6 is 0 Å². The number of piperidine rings is 1. The highest BCUT2D eigenvalue weighted by atomic mass is 16.5. The van der Waals surface area contributed by atoms with Gasteiger partial charge in [0.2, 0.25) is 5.91 Å². The van der Waals surface area contributed by atoms with Crippen molar-refractivity contribution in [2.24, 2.45) is 11.8 Å². The molecule has 1 fully saturated rings. The van der Waals surface area contributed by atoms with E-state index in [1.165, 1.54) is 0 Å². The molecule has 0 atom stereocenters. The van der Waals surface area contributed by atoms with Crippen molar-refractivity contribution in [1.29, 1.82) is 0 Å². The van der Waals surface area contributed by atoms with Crippen molar-refractivity contribution in [2.45, 2.75) is 33.1 Å². The van der Waals surface area contributed by atoms with E-state index in [1.54, 1.807) is 0 Å². The Bertz CT molecular complexity index is 454. The lowest BCUT2D eigenvalue weighted by Gasteiger charge is -2.21. The standard InChI is InChI=1S/C17H26N2O2/c1-13(2)8-11-21-16-5-3-4-15(12-16)19-17(20)14-6-9-18-10-7-14/h3-5,12-14,18H,6-11H2,1-2H3,(H,19,20). The molecule has 1 saturated heterocycles. The van der Waals surface area contributed by atoms with Crippen LogP contribution < -0.4 is 15.4 Å². The predicted molar refractivity (Wildman–Crippen MR) is 85.6 cm³/mol. The highest BCUT2D eigenvalue weighted by Crippen LogP contribution is 2.20. The van der Waals surface area contributed by atoms with E-state index in [4.69, 9.17) is 4.74 Å². The first-order valence-electron chi connectivity index (χ1n) is 7.89. The molecule has 1 amide bonds. The second-order valence-electron chi connectivity index (χ2n) is 6.07. The number of hydrogen-bond acceptors (Lipinski definition) is 3. The van der Waals surface area contributed by atoms with Gasteiger partial charge < -0.3 is 15.4 Å². The van der Waals surface area contributed by atoms with Crippen LogP contribution in [0.15, 0.2) is 24.3 Å². The van der Waals surface area contributed by atoms with E-state index in [-0.39, 0.29) is 11.8 Å². The zero-order valence-electron chi connectivity index (χ0n) is 13.0. The monoisotopic (exact) mass is 290 g/mol. The van der Waals surface area contributed by atoms with Crippen LogP contribution in [-0.2, 0) is 4.79 Å². The van der Waals surface area contributed by atoms with Crippen LogP contribution in [0, 0.1) is 11.8 Å². The molecule has 0 radical (unpaired) electrons. The molecule has 0 spiro atoms. The molecule has 0 unspecified atom stereocenters. The smallest absolute Gasteiger partial charge is 0.227 e. The van der Waals surface area contributed by atoms with Gasteiger partial charge in [0, 0.05) is 17.7 Å². The molecule has 2 rings (SSSR count). The van der Waals surface area contributed by atoms with E-state index in [0.29, 0.717) is 12.5 Å².